The lowest BCUT2D eigenvalue weighted by molar-refractivity contribution is -0.139. The molecular formula is C33H29ClN2O7S. The van der Waals surface area contributed by atoms with Crippen LogP contribution in [-0.4, -0.2) is 30.5 Å². The maximum atomic E-state index is 14.0. The van der Waals surface area contributed by atoms with Crippen molar-refractivity contribution < 1.29 is 28.5 Å². The van der Waals surface area contributed by atoms with Gasteiger partial charge in [-0.05, 0) is 68.3 Å². The average Bonchev–Trinajstić information content (AvgIpc) is 3.60. The van der Waals surface area contributed by atoms with Crippen LogP contribution in [0.3, 0.4) is 0 Å². The highest BCUT2D eigenvalue weighted by Gasteiger charge is 2.34. The monoisotopic (exact) mass is 632 g/mol. The van der Waals surface area contributed by atoms with Crippen LogP contribution >= 0.6 is 22.9 Å². The van der Waals surface area contributed by atoms with Gasteiger partial charge >= 0.3 is 5.97 Å². The van der Waals surface area contributed by atoms with Gasteiger partial charge in [-0.15, -0.1) is 0 Å². The highest BCUT2D eigenvalue weighted by atomic mass is 35.5. The average molecular weight is 633 g/mol. The van der Waals surface area contributed by atoms with Gasteiger partial charge < -0.3 is 23.7 Å². The zero-order valence-electron chi connectivity index (χ0n) is 24.3. The van der Waals surface area contributed by atoms with Gasteiger partial charge in [-0.2, -0.15) is 0 Å². The number of allylic oxidation sites excluding steroid dienone is 1. The molecule has 0 fully saturated rings. The fourth-order valence-electron chi connectivity index (χ4n) is 5.11. The molecule has 3 heterocycles. The Balaban J connectivity index is 1.40. The summed E-state index contributed by atoms with van der Waals surface area (Å²) in [5.41, 5.74) is 2.77. The number of esters is 1. The molecular weight excluding hydrogens is 604 g/mol. The van der Waals surface area contributed by atoms with Crippen molar-refractivity contribution in [3.05, 3.63) is 113 Å². The minimum absolute atomic E-state index is 0.106. The van der Waals surface area contributed by atoms with Crippen molar-refractivity contribution in [2.45, 2.75) is 33.4 Å². The van der Waals surface area contributed by atoms with E-state index in [1.54, 1.807) is 32.1 Å². The second-order valence-corrected chi connectivity index (χ2v) is 11.4. The first-order valence-corrected chi connectivity index (χ1v) is 15.3. The van der Waals surface area contributed by atoms with Crippen LogP contribution < -0.4 is 33.8 Å². The number of hydrogen-bond acceptors (Lipinski definition) is 9. The number of carbonyl (C=O) groups is 1. The van der Waals surface area contributed by atoms with Crippen LogP contribution in [0.15, 0.2) is 81.7 Å². The summed E-state index contributed by atoms with van der Waals surface area (Å²) in [6.45, 7) is 6.38. The Morgan fingerprint density at radius 2 is 1.86 bits per heavy atom. The maximum Gasteiger partial charge on any atom is 0.338 e. The molecule has 0 radical (unpaired) electrons. The van der Waals surface area contributed by atoms with Gasteiger partial charge in [-0.3, -0.25) is 9.36 Å². The van der Waals surface area contributed by atoms with Crippen LogP contribution in [-0.2, 0) is 16.1 Å². The van der Waals surface area contributed by atoms with Crippen molar-refractivity contribution in [1.82, 2.24) is 4.57 Å². The quantitative estimate of drug-likeness (QED) is 0.235. The maximum absolute atomic E-state index is 14.0. The Morgan fingerprint density at radius 3 is 2.66 bits per heavy atom. The summed E-state index contributed by atoms with van der Waals surface area (Å²) in [6, 6.07) is 17.6. The largest absolute Gasteiger partial charge is 0.490 e. The summed E-state index contributed by atoms with van der Waals surface area (Å²) >= 11 is 7.54. The van der Waals surface area contributed by atoms with Gasteiger partial charge in [0.15, 0.2) is 27.8 Å². The molecule has 0 saturated carbocycles. The Bertz CT molecular complexity index is 1960. The summed E-state index contributed by atoms with van der Waals surface area (Å²) in [6.07, 6.45) is 1.78. The van der Waals surface area contributed by atoms with Crippen molar-refractivity contribution >= 4 is 35.0 Å². The number of hydrogen-bond donors (Lipinski definition) is 0. The number of fused-ring (bicyclic) bond motifs is 2. The number of thiazole rings is 1. The van der Waals surface area contributed by atoms with E-state index in [9.17, 15) is 9.59 Å². The third-order valence-corrected chi connectivity index (χ3v) is 8.49. The van der Waals surface area contributed by atoms with Crippen molar-refractivity contribution in [3.63, 3.8) is 0 Å². The van der Waals surface area contributed by atoms with Crippen LogP contribution in [0.4, 0.5) is 0 Å². The molecule has 0 bridgehead atoms. The molecule has 9 nitrogen and oxygen atoms in total. The molecule has 1 atom stereocenters. The second-order valence-electron chi connectivity index (χ2n) is 9.93. The van der Waals surface area contributed by atoms with E-state index in [-0.39, 0.29) is 25.6 Å². The van der Waals surface area contributed by atoms with Crippen molar-refractivity contribution in [2.75, 3.05) is 20.0 Å². The molecule has 2 aliphatic heterocycles. The predicted molar refractivity (Wildman–Crippen MR) is 166 cm³/mol. The van der Waals surface area contributed by atoms with Gasteiger partial charge in [0.2, 0.25) is 6.79 Å². The highest BCUT2D eigenvalue weighted by molar-refractivity contribution is 7.07. The lowest BCUT2D eigenvalue weighted by atomic mass is 9.95. The van der Waals surface area contributed by atoms with E-state index in [0.717, 1.165) is 11.1 Å². The topological polar surface area (TPSA) is 97.6 Å². The third kappa shape index (κ3) is 5.70. The fraction of sp³-hybridized carbons (Fsp3) is 0.242. The Morgan fingerprint density at radius 1 is 1.05 bits per heavy atom. The van der Waals surface area contributed by atoms with E-state index in [0.29, 0.717) is 60.8 Å². The minimum Gasteiger partial charge on any atom is -0.490 e. The number of benzene rings is 3. The highest BCUT2D eigenvalue weighted by Crippen LogP contribution is 2.38. The van der Waals surface area contributed by atoms with E-state index in [1.807, 2.05) is 55.5 Å². The van der Waals surface area contributed by atoms with Gasteiger partial charge in [0.1, 0.15) is 6.61 Å². The number of aromatic nitrogens is 1. The number of rotatable bonds is 9. The summed E-state index contributed by atoms with van der Waals surface area (Å²) in [4.78, 5) is 32.3. The second kappa shape index (κ2) is 12.6. The number of nitrogens with zero attached hydrogens (tertiary/aromatic N) is 2. The van der Waals surface area contributed by atoms with Gasteiger partial charge in [0.25, 0.3) is 5.56 Å². The first-order valence-electron chi connectivity index (χ1n) is 14.1. The van der Waals surface area contributed by atoms with Crippen LogP contribution in [0.1, 0.15) is 43.5 Å². The number of carbonyl (C=O) groups excluding carboxylic acids is 1. The third-order valence-electron chi connectivity index (χ3n) is 7.14. The SMILES string of the molecule is CCOC(=O)C1=C(C)N=c2s/c(=C\c3ccc(OCc4ccccc4Cl)c(OCC)c3)c(=O)n2[C@H]1c1ccc2c(c1)OCO2. The van der Waals surface area contributed by atoms with Gasteiger partial charge in [0, 0.05) is 10.6 Å². The van der Waals surface area contributed by atoms with Gasteiger partial charge in [-0.1, -0.05) is 53.3 Å². The lowest BCUT2D eigenvalue weighted by Gasteiger charge is -2.24. The van der Waals surface area contributed by atoms with Crippen molar-refractivity contribution in [1.29, 1.82) is 0 Å². The molecule has 44 heavy (non-hydrogen) atoms. The van der Waals surface area contributed by atoms with Crippen LogP contribution in [0, 0.1) is 0 Å². The fourth-order valence-corrected chi connectivity index (χ4v) is 6.35. The first-order chi connectivity index (χ1) is 21.4. The van der Waals surface area contributed by atoms with Crippen molar-refractivity contribution in [2.24, 2.45) is 4.99 Å². The normalized spacial score (nSPS) is 15.5. The molecule has 0 saturated heterocycles. The Labute approximate surface area is 262 Å². The molecule has 4 aromatic rings. The van der Waals surface area contributed by atoms with E-state index in [1.165, 1.54) is 15.9 Å². The number of ether oxygens (including phenoxy) is 5. The van der Waals surface area contributed by atoms with Gasteiger partial charge in [-0.25, -0.2) is 9.79 Å². The predicted octanol–water partition coefficient (Wildman–Crippen LogP) is 5.16. The molecule has 0 aliphatic carbocycles. The molecule has 6 rings (SSSR count). The van der Waals surface area contributed by atoms with Crippen LogP contribution in [0.25, 0.3) is 6.08 Å². The molecule has 226 valence electrons. The Kier molecular flexibility index (Phi) is 8.45. The molecule has 0 unspecified atom stereocenters. The molecule has 2 aliphatic rings. The number of halogens is 1. The smallest absolute Gasteiger partial charge is 0.338 e. The zero-order chi connectivity index (χ0) is 30.8. The summed E-state index contributed by atoms with van der Waals surface area (Å²) in [5.74, 6) is 1.72. The lowest BCUT2D eigenvalue weighted by Crippen LogP contribution is -2.39. The van der Waals surface area contributed by atoms with E-state index >= 15 is 0 Å². The zero-order valence-corrected chi connectivity index (χ0v) is 25.9. The summed E-state index contributed by atoms with van der Waals surface area (Å²) in [5, 5.41) is 0.623. The molecule has 3 aromatic carbocycles. The Hall–Kier alpha value is -4.54. The molecule has 1 aromatic heterocycles. The molecule has 0 N–H and O–H groups in total. The molecule has 0 amide bonds. The first kappa shape index (κ1) is 29.5. The molecule has 11 heteroatoms. The van der Waals surface area contributed by atoms with Crippen LogP contribution in [0.5, 0.6) is 23.0 Å². The minimum atomic E-state index is -0.762. The molecule has 0 spiro atoms. The van der Waals surface area contributed by atoms with E-state index in [2.05, 4.69) is 4.99 Å². The summed E-state index contributed by atoms with van der Waals surface area (Å²) < 4.78 is 30.4. The van der Waals surface area contributed by atoms with Crippen LogP contribution in [0.2, 0.25) is 5.02 Å². The standard InChI is InChI=1S/C33H29ClN2O7S/c1-4-39-26-14-20(10-12-24(26)41-17-22-8-6-7-9-23(22)34)15-28-31(37)36-30(21-11-13-25-27(16-21)43-18-42-25)29(32(38)40-5-2)19(3)35-33(36)44-28/h6-16,30H,4-5,17-18H2,1-3H3/b28-15-/t30-/m0/s1. The van der Waals surface area contributed by atoms with Gasteiger partial charge in [0.05, 0.1) is 35.1 Å². The summed E-state index contributed by atoms with van der Waals surface area (Å²) in [7, 11) is 0. The van der Waals surface area contributed by atoms with E-state index < -0.39 is 12.0 Å². The van der Waals surface area contributed by atoms with Crippen molar-refractivity contribution in [3.8, 4) is 23.0 Å². The van der Waals surface area contributed by atoms with E-state index in [4.69, 9.17) is 35.3 Å².